The maximum absolute atomic E-state index is 10.5. The molecule has 3 nitrogen and oxygen atoms in total. The van der Waals surface area contributed by atoms with Crippen LogP contribution in [0.25, 0.3) is 0 Å². The summed E-state index contributed by atoms with van der Waals surface area (Å²) in [5.74, 6) is -0.936. The monoisotopic (exact) mass is 365 g/mol. The number of carboxylic acids is 1. The minimum atomic E-state index is -0.936. The summed E-state index contributed by atoms with van der Waals surface area (Å²) >= 11 is 5.37. The molecule has 0 bridgehead atoms. The lowest BCUT2D eigenvalue weighted by Crippen LogP contribution is -2.02. The van der Waals surface area contributed by atoms with E-state index in [4.69, 9.17) is 10.4 Å². The van der Waals surface area contributed by atoms with Gasteiger partial charge in [-0.2, -0.15) is 5.26 Å². The highest BCUT2D eigenvalue weighted by Gasteiger charge is 2.09. The van der Waals surface area contributed by atoms with E-state index in [1.165, 1.54) is 0 Å². The second kappa shape index (κ2) is 4.75. The van der Waals surface area contributed by atoms with Crippen molar-refractivity contribution in [2.75, 3.05) is 0 Å². The van der Waals surface area contributed by atoms with Gasteiger partial charge in [-0.25, -0.2) is 0 Å². The van der Waals surface area contributed by atoms with Crippen LogP contribution in [0.4, 0.5) is 0 Å². The third kappa shape index (κ3) is 2.69. The van der Waals surface area contributed by atoms with Gasteiger partial charge >= 0.3 is 5.97 Å². The Kier molecular flexibility index (Phi) is 3.89. The van der Waals surface area contributed by atoms with Gasteiger partial charge in [0, 0.05) is 8.04 Å². The summed E-state index contributed by atoms with van der Waals surface area (Å²) in [4.78, 5) is 10.5. The van der Waals surface area contributed by atoms with Crippen LogP contribution in [0.3, 0.4) is 0 Å². The van der Waals surface area contributed by atoms with Gasteiger partial charge in [0.1, 0.15) is 0 Å². The minimum absolute atomic E-state index is 0.127. The highest BCUT2D eigenvalue weighted by molar-refractivity contribution is 14.1. The molecule has 0 amide bonds. The van der Waals surface area contributed by atoms with Crippen LogP contribution in [-0.2, 0) is 11.2 Å². The van der Waals surface area contributed by atoms with E-state index in [9.17, 15) is 4.79 Å². The van der Waals surface area contributed by atoms with E-state index in [0.29, 0.717) is 11.1 Å². The van der Waals surface area contributed by atoms with Gasteiger partial charge < -0.3 is 5.11 Å². The van der Waals surface area contributed by atoms with Crippen LogP contribution in [0.5, 0.6) is 0 Å². The normalized spacial score (nSPS) is 9.50. The van der Waals surface area contributed by atoms with Crippen LogP contribution >= 0.6 is 38.5 Å². The van der Waals surface area contributed by atoms with Crippen molar-refractivity contribution in [3.05, 3.63) is 31.3 Å². The number of benzene rings is 1. The molecule has 0 aromatic heterocycles. The third-order valence-electron chi connectivity index (χ3n) is 1.61. The van der Waals surface area contributed by atoms with Crippen molar-refractivity contribution in [2.24, 2.45) is 0 Å². The molecular weight excluding hydrogens is 361 g/mol. The number of carboxylic acid groups (broad SMARTS) is 1. The van der Waals surface area contributed by atoms with Crippen molar-refractivity contribution >= 4 is 44.5 Å². The smallest absolute Gasteiger partial charge is 0.307 e. The Morgan fingerprint density at radius 1 is 1.64 bits per heavy atom. The largest absolute Gasteiger partial charge is 0.481 e. The van der Waals surface area contributed by atoms with Crippen molar-refractivity contribution in [1.82, 2.24) is 0 Å². The first-order valence-corrected chi connectivity index (χ1v) is 5.51. The molecule has 1 aromatic carbocycles. The minimum Gasteiger partial charge on any atom is -0.481 e. The Hall–Kier alpha value is -0.610. The summed E-state index contributed by atoms with van der Waals surface area (Å²) in [5, 5.41) is 17.4. The number of carbonyl (C=O) groups is 1. The van der Waals surface area contributed by atoms with Crippen molar-refractivity contribution in [3.63, 3.8) is 0 Å². The van der Waals surface area contributed by atoms with E-state index < -0.39 is 5.97 Å². The first-order chi connectivity index (χ1) is 6.54. The van der Waals surface area contributed by atoms with E-state index in [-0.39, 0.29) is 6.42 Å². The van der Waals surface area contributed by atoms with E-state index in [1.54, 1.807) is 12.1 Å². The lowest BCUT2D eigenvalue weighted by molar-refractivity contribution is -0.136. The van der Waals surface area contributed by atoms with Crippen molar-refractivity contribution in [2.45, 2.75) is 6.42 Å². The number of hydrogen-bond donors (Lipinski definition) is 1. The second-order valence-corrected chi connectivity index (χ2v) is 4.62. The maximum Gasteiger partial charge on any atom is 0.307 e. The van der Waals surface area contributed by atoms with Crippen LogP contribution in [0, 0.1) is 14.9 Å². The van der Waals surface area contributed by atoms with Crippen LogP contribution < -0.4 is 0 Å². The molecule has 0 heterocycles. The molecule has 1 N–H and O–H groups in total. The highest BCUT2D eigenvalue weighted by Crippen LogP contribution is 2.23. The summed E-state index contributed by atoms with van der Waals surface area (Å²) in [6, 6.07) is 5.32. The highest BCUT2D eigenvalue weighted by atomic mass is 127. The average molecular weight is 366 g/mol. The van der Waals surface area contributed by atoms with Gasteiger partial charge in [-0.3, -0.25) is 4.79 Å². The predicted octanol–water partition coefficient (Wildman–Crippen LogP) is 2.55. The molecular formula is C9H5BrINO2. The molecule has 0 atom stereocenters. The number of halogens is 2. The summed E-state index contributed by atoms with van der Waals surface area (Å²) in [6.45, 7) is 0. The first-order valence-electron chi connectivity index (χ1n) is 3.64. The molecule has 0 unspecified atom stereocenters. The average Bonchev–Trinajstić information content (AvgIpc) is 2.10. The molecule has 5 heteroatoms. The lowest BCUT2D eigenvalue weighted by atomic mass is 10.1. The van der Waals surface area contributed by atoms with Gasteiger partial charge in [0.05, 0.1) is 18.1 Å². The van der Waals surface area contributed by atoms with Gasteiger partial charge in [0.2, 0.25) is 0 Å². The molecule has 0 saturated carbocycles. The maximum atomic E-state index is 10.5. The molecule has 0 saturated heterocycles. The third-order valence-corrected chi connectivity index (χ3v) is 3.90. The Morgan fingerprint density at radius 3 is 2.79 bits per heavy atom. The first kappa shape index (κ1) is 11.5. The Labute approximate surface area is 103 Å². The van der Waals surface area contributed by atoms with Crippen LogP contribution in [0.2, 0.25) is 0 Å². The van der Waals surface area contributed by atoms with Gasteiger partial charge in [-0.1, -0.05) is 0 Å². The fourth-order valence-corrected chi connectivity index (χ4v) is 1.86. The number of nitriles is 1. The second-order valence-electron chi connectivity index (χ2n) is 2.61. The Morgan fingerprint density at radius 2 is 2.29 bits per heavy atom. The van der Waals surface area contributed by atoms with Crippen LogP contribution in [0.15, 0.2) is 16.6 Å². The zero-order chi connectivity index (χ0) is 10.7. The van der Waals surface area contributed by atoms with Crippen molar-refractivity contribution in [1.29, 1.82) is 5.26 Å². The Balaban J connectivity index is 3.22. The molecule has 0 aliphatic carbocycles. The number of aliphatic carboxylic acids is 1. The SMILES string of the molecule is N#Cc1cc(I)c(Br)cc1CC(=O)O. The zero-order valence-corrected chi connectivity index (χ0v) is 10.7. The quantitative estimate of drug-likeness (QED) is 0.819. The van der Waals surface area contributed by atoms with Crippen molar-refractivity contribution in [3.8, 4) is 6.07 Å². The fraction of sp³-hybridized carbons (Fsp3) is 0.111. The molecule has 0 fully saturated rings. The van der Waals surface area contributed by atoms with Gasteiger partial charge in [0.25, 0.3) is 0 Å². The number of hydrogen-bond acceptors (Lipinski definition) is 2. The predicted molar refractivity (Wildman–Crippen MR) is 62.9 cm³/mol. The van der Waals surface area contributed by atoms with Gasteiger partial charge in [-0.15, -0.1) is 0 Å². The summed E-state index contributed by atoms with van der Waals surface area (Å²) < 4.78 is 1.71. The van der Waals surface area contributed by atoms with E-state index in [0.717, 1.165) is 8.04 Å². The van der Waals surface area contributed by atoms with Crippen LogP contribution in [-0.4, -0.2) is 11.1 Å². The summed E-state index contributed by atoms with van der Waals surface area (Å²) in [6.07, 6.45) is -0.127. The Bertz CT molecular complexity index is 426. The molecule has 14 heavy (non-hydrogen) atoms. The van der Waals surface area contributed by atoms with Gasteiger partial charge in [-0.05, 0) is 56.2 Å². The molecule has 0 aliphatic rings. The molecule has 0 spiro atoms. The number of rotatable bonds is 2. The van der Waals surface area contributed by atoms with Gasteiger partial charge in [0.15, 0.2) is 0 Å². The molecule has 1 aromatic rings. The van der Waals surface area contributed by atoms with E-state index in [1.807, 2.05) is 6.07 Å². The van der Waals surface area contributed by atoms with Crippen LogP contribution in [0.1, 0.15) is 11.1 Å². The van der Waals surface area contributed by atoms with E-state index in [2.05, 4.69) is 38.5 Å². The molecule has 0 aliphatic heterocycles. The topological polar surface area (TPSA) is 61.1 Å². The molecule has 1 rings (SSSR count). The molecule has 72 valence electrons. The number of nitrogens with zero attached hydrogens (tertiary/aromatic N) is 1. The zero-order valence-electron chi connectivity index (χ0n) is 6.92. The summed E-state index contributed by atoms with van der Waals surface area (Å²) in [7, 11) is 0. The fourth-order valence-electron chi connectivity index (χ4n) is 1.00. The lowest BCUT2D eigenvalue weighted by Gasteiger charge is -2.03. The standard InChI is InChI=1S/C9H5BrINO2/c10-7-1-5(3-9(13)14)6(4-12)2-8(7)11/h1-2H,3H2,(H,13,14). The van der Waals surface area contributed by atoms with E-state index >= 15 is 0 Å². The van der Waals surface area contributed by atoms with Crippen molar-refractivity contribution < 1.29 is 9.90 Å². The molecule has 0 radical (unpaired) electrons. The summed E-state index contributed by atoms with van der Waals surface area (Å²) in [5.41, 5.74) is 0.951.